The monoisotopic (exact) mass is 438 g/mol. The lowest BCUT2D eigenvalue weighted by Crippen LogP contribution is -2.23. The van der Waals surface area contributed by atoms with Gasteiger partial charge in [-0.05, 0) is 22.4 Å². The van der Waals surface area contributed by atoms with E-state index in [1.165, 1.54) is 39.1 Å². The van der Waals surface area contributed by atoms with Crippen molar-refractivity contribution in [2.24, 2.45) is 0 Å². The molecule has 3 aromatic heterocycles. The van der Waals surface area contributed by atoms with Crippen LogP contribution in [-0.4, -0.2) is 20.4 Å². The Balaban J connectivity index is 1.39. The first-order chi connectivity index (χ1) is 14.3. The summed E-state index contributed by atoms with van der Waals surface area (Å²) in [6, 6.07) is 10.1. The number of anilines is 1. The Kier molecular flexibility index (Phi) is 5.53. The minimum atomic E-state index is -0.184. The van der Waals surface area contributed by atoms with Gasteiger partial charge in [-0.1, -0.05) is 45.0 Å². The maximum Gasteiger partial charge on any atom is 0.262 e. The lowest BCUT2D eigenvalue weighted by Gasteiger charge is -2.18. The fourth-order valence-electron chi connectivity index (χ4n) is 3.06. The summed E-state index contributed by atoms with van der Waals surface area (Å²) in [6.45, 7) is 6.82. The third-order valence-corrected chi connectivity index (χ3v) is 6.41. The second-order valence-electron chi connectivity index (χ2n) is 8.05. The minimum absolute atomic E-state index is 0.102. The van der Waals surface area contributed by atoms with Gasteiger partial charge in [-0.15, -0.1) is 22.7 Å². The number of carbonyl (C=O) groups is 1. The molecular formula is C22H22N4O2S2. The van der Waals surface area contributed by atoms with E-state index in [1.54, 1.807) is 6.07 Å². The van der Waals surface area contributed by atoms with Gasteiger partial charge in [0.15, 0.2) is 5.13 Å². The molecule has 4 aromatic rings. The molecule has 1 N–H and O–H groups in total. The Morgan fingerprint density at radius 3 is 2.63 bits per heavy atom. The van der Waals surface area contributed by atoms with Crippen molar-refractivity contribution in [3.05, 3.63) is 63.3 Å². The highest BCUT2D eigenvalue weighted by molar-refractivity contribution is 7.16. The predicted molar refractivity (Wildman–Crippen MR) is 123 cm³/mol. The number of thiazole rings is 1. The third kappa shape index (κ3) is 4.34. The molecule has 0 aliphatic heterocycles. The summed E-state index contributed by atoms with van der Waals surface area (Å²) >= 11 is 2.82. The molecule has 0 fully saturated rings. The fourth-order valence-corrected chi connectivity index (χ4v) is 4.52. The molecule has 3 heterocycles. The van der Waals surface area contributed by atoms with Crippen LogP contribution in [0, 0.1) is 0 Å². The quantitative estimate of drug-likeness (QED) is 0.480. The maximum absolute atomic E-state index is 12.4. The number of nitrogens with zero attached hydrogens (tertiary/aromatic N) is 3. The Hall–Kier alpha value is -2.84. The second kappa shape index (κ2) is 8.12. The first-order valence-electron chi connectivity index (χ1n) is 9.60. The lowest BCUT2D eigenvalue weighted by molar-refractivity contribution is -0.116. The number of aryl methyl sites for hydroxylation is 1. The van der Waals surface area contributed by atoms with Gasteiger partial charge in [0, 0.05) is 23.9 Å². The first kappa shape index (κ1) is 20.4. The summed E-state index contributed by atoms with van der Waals surface area (Å²) in [4.78, 5) is 34.2. The van der Waals surface area contributed by atoms with Gasteiger partial charge in [0.25, 0.3) is 5.56 Å². The van der Waals surface area contributed by atoms with Crippen LogP contribution in [0.3, 0.4) is 0 Å². The van der Waals surface area contributed by atoms with E-state index in [0.717, 1.165) is 11.3 Å². The van der Waals surface area contributed by atoms with E-state index in [4.69, 9.17) is 0 Å². The van der Waals surface area contributed by atoms with Crippen LogP contribution >= 0.6 is 22.7 Å². The van der Waals surface area contributed by atoms with Crippen molar-refractivity contribution in [2.45, 2.75) is 39.2 Å². The molecule has 0 atom stereocenters. The summed E-state index contributed by atoms with van der Waals surface area (Å²) in [5.74, 6) is -0.184. The molecule has 0 saturated carbocycles. The molecule has 1 aromatic carbocycles. The van der Waals surface area contributed by atoms with E-state index in [9.17, 15) is 9.59 Å². The minimum Gasteiger partial charge on any atom is -0.302 e. The van der Waals surface area contributed by atoms with Crippen molar-refractivity contribution in [3.63, 3.8) is 0 Å². The van der Waals surface area contributed by atoms with Crippen molar-refractivity contribution >= 4 is 43.9 Å². The van der Waals surface area contributed by atoms with E-state index in [2.05, 4.69) is 60.3 Å². The van der Waals surface area contributed by atoms with Gasteiger partial charge in [0.05, 0.1) is 17.4 Å². The van der Waals surface area contributed by atoms with Crippen molar-refractivity contribution < 1.29 is 4.79 Å². The van der Waals surface area contributed by atoms with Crippen LogP contribution in [0.15, 0.2) is 52.2 Å². The standard InChI is InChI=1S/C22H22N4O2S2/c1-22(2,3)15-6-4-14(5-7-15)17-12-30-21(24-17)25-18(27)8-10-26-13-23-19-16(20(26)28)9-11-29-19/h4-7,9,11-13H,8,10H2,1-3H3,(H,24,25,27). The SMILES string of the molecule is CC(C)(C)c1ccc(-c2csc(NC(=O)CCn3cnc4sccc4c3=O)n2)cc1. The average molecular weight is 439 g/mol. The summed E-state index contributed by atoms with van der Waals surface area (Å²) in [7, 11) is 0. The Labute approximate surface area is 182 Å². The Morgan fingerprint density at radius 2 is 1.90 bits per heavy atom. The Morgan fingerprint density at radius 1 is 1.13 bits per heavy atom. The number of amides is 1. The number of carbonyl (C=O) groups excluding carboxylic acids is 1. The number of hydrogen-bond donors (Lipinski definition) is 1. The molecule has 4 rings (SSSR count). The van der Waals surface area contributed by atoms with Crippen LogP contribution in [0.5, 0.6) is 0 Å². The summed E-state index contributed by atoms with van der Waals surface area (Å²) in [5.41, 5.74) is 3.09. The number of nitrogens with one attached hydrogen (secondary N) is 1. The molecule has 0 aliphatic rings. The van der Waals surface area contributed by atoms with E-state index in [-0.39, 0.29) is 29.8 Å². The van der Waals surface area contributed by atoms with Crippen LogP contribution in [0.4, 0.5) is 5.13 Å². The molecule has 1 amide bonds. The normalized spacial score (nSPS) is 11.7. The zero-order valence-electron chi connectivity index (χ0n) is 17.0. The molecule has 0 bridgehead atoms. The van der Waals surface area contributed by atoms with Gasteiger partial charge in [0.2, 0.25) is 5.91 Å². The summed E-state index contributed by atoms with van der Waals surface area (Å²) in [6.07, 6.45) is 1.67. The largest absolute Gasteiger partial charge is 0.302 e. The van der Waals surface area contributed by atoms with E-state index in [1.807, 2.05) is 10.8 Å². The topological polar surface area (TPSA) is 76.9 Å². The van der Waals surface area contributed by atoms with Gasteiger partial charge in [-0.2, -0.15) is 0 Å². The number of hydrogen-bond acceptors (Lipinski definition) is 6. The maximum atomic E-state index is 12.4. The first-order valence-corrected chi connectivity index (χ1v) is 11.4. The molecule has 0 saturated heterocycles. The van der Waals surface area contributed by atoms with Crippen LogP contribution in [-0.2, 0) is 16.8 Å². The third-order valence-electron chi connectivity index (χ3n) is 4.83. The van der Waals surface area contributed by atoms with Crippen LogP contribution in [0.2, 0.25) is 0 Å². The number of thiophene rings is 1. The lowest BCUT2D eigenvalue weighted by atomic mass is 9.86. The zero-order chi connectivity index (χ0) is 21.3. The molecule has 154 valence electrons. The van der Waals surface area contributed by atoms with Crippen molar-refractivity contribution in [3.8, 4) is 11.3 Å². The number of rotatable bonds is 5. The number of fused-ring (bicyclic) bond motifs is 1. The smallest absolute Gasteiger partial charge is 0.262 e. The van der Waals surface area contributed by atoms with Crippen molar-refractivity contribution in [1.29, 1.82) is 0 Å². The average Bonchev–Trinajstić information content (AvgIpc) is 3.37. The summed E-state index contributed by atoms with van der Waals surface area (Å²) < 4.78 is 1.47. The van der Waals surface area contributed by atoms with E-state index < -0.39 is 0 Å². The van der Waals surface area contributed by atoms with Gasteiger partial charge in [-0.25, -0.2) is 9.97 Å². The number of aromatic nitrogens is 3. The van der Waals surface area contributed by atoms with Gasteiger partial charge in [0.1, 0.15) is 4.83 Å². The van der Waals surface area contributed by atoms with Crippen molar-refractivity contribution in [2.75, 3.05) is 5.32 Å². The second-order valence-corrected chi connectivity index (χ2v) is 9.80. The molecule has 6 nitrogen and oxygen atoms in total. The van der Waals surface area contributed by atoms with E-state index in [0.29, 0.717) is 15.3 Å². The predicted octanol–water partition coefficient (Wildman–Crippen LogP) is 4.91. The fraction of sp³-hybridized carbons (Fsp3) is 0.273. The van der Waals surface area contributed by atoms with Crippen LogP contribution in [0.1, 0.15) is 32.8 Å². The molecular weight excluding hydrogens is 416 g/mol. The van der Waals surface area contributed by atoms with Gasteiger partial charge >= 0.3 is 0 Å². The highest BCUT2D eigenvalue weighted by Crippen LogP contribution is 2.28. The highest BCUT2D eigenvalue weighted by Gasteiger charge is 2.14. The van der Waals surface area contributed by atoms with Gasteiger partial charge < -0.3 is 5.32 Å². The molecule has 30 heavy (non-hydrogen) atoms. The highest BCUT2D eigenvalue weighted by atomic mass is 32.1. The van der Waals surface area contributed by atoms with Crippen LogP contribution in [0.25, 0.3) is 21.5 Å². The van der Waals surface area contributed by atoms with Crippen LogP contribution < -0.4 is 10.9 Å². The Bertz CT molecular complexity index is 1250. The molecule has 0 spiro atoms. The number of benzene rings is 1. The summed E-state index contributed by atoms with van der Waals surface area (Å²) in [5, 5.41) is 7.73. The molecule has 8 heteroatoms. The zero-order valence-corrected chi connectivity index (χ0v) is 18.6. The van der Waals surface area contributed by atoms with Gasteiger partial charge in [-0.3, -0.25) is 14.2 Å². The molecule has 0 radical (unpaired) electrons. The van der Waals surface area contributed by atoms with Crippen molar-refractivity contribution in [1.82, 2.24) is 14.5 Å². The molecule has 0 aliphatic carbocycles. The van der Waals surface area contributed by atoms with E-state index >= 15 is 0 Å². The molecule has 0 unspecified atom stereocenters.